The second-order valence-electron chi connectivity index (χ2n) is 4.62. The van der Waals surface area contributed by atoms with Gasteiger partial charge in [0.25, 0.3) is 0 Å². The molecule has 0 radical (unpaired) electrons. The van der Waals surface area contributed by atoms with E-state index in [1.165, 1.54) is 6.07 Å². The summed E-state index contributed by atoms with van der Waals surface area (Å²) in [5.74, 6) is 1.06. The molecule has 0 saturated carbocycles. The van der Waals surface area contributed by atoms with Crippen molar-refractivity contribution in [3.05, 3.63) is 35.7 Å². The smallest absolute Gasteiger partial charge is 0.232 e. The van der Waals surface area contributed by atoms with E-state index in [-0.39, 0.29) is 11.7 Å². The third kappa shape index (κ3) is 2.43. The third-order valence-electron chi connectivity index (χ3n) is 3.39. The lowest BCUT2D eigenvalue weighted by molar-refractivity contribution is 0.344. The summed E-state index contributed by atoms with van der Waals surface area (Å²) in [6.07, 6.45) is 0. The lowest BCUT2D eigenvalue weighted by Gasteiger charge is -2.13. The van der Waals surface area contributed by atoms with Crippen LogP contribution in [0.2, 0.25) is 0 Å². The molecular weight excluding hydrogens is 284 g/mol. The van der Waals surface area contributed by atoms with Crippen LogP contribution in [0.3, 0.4) is 0 Å². The molecule has 20 heavy (non-hydrogen) atoms. The molecular formula is C13H13F2N3OS. The van der Waals surface area contributed by atoms with Crippen molar-refractivity contribution in [3.8, 4) is 11.4 Å². The quantitative estimate of drug-likeness (QED) is 0.943. The minimum absolute atomic E-state index is 0.150. The Bertz CT molecular complexity index is 619. The van der Waals surface area contributed by atoms with Crippen molar-refractivity contribution in [3.63, 3.8) is 0 Å². The number of hydrogen-bond acceptors (Lipinski definition) is 5. The topological polar surface area (TPSA) is 51.0 Å². The van der Waals surface area contributed by atoms with E-state index in [0.29, 0.717) is 17.5 Å². The molecule has 2 heterocycles. The maximum Gasteiger partial charge on any atom is 0.232 e. The minimum Gasteiger partial charge on any atom is -0.339 e. The van der Waals surface area contributed by atoms with Gasteiger partial charge in [-0.05, 0) is 25.2 Å². The lowest BCUT2D eigenvalue weighted by atomic mass is 10.0. The van der Waals surface area contributed by atoms with Crippen molar-refractivity contribution in [2.24, 2.45) is 0 Å². The van der Waals surface area contributed by atoms with E-state index < -0.39 is 11.6 Å². The summed E-state index contributed by atoms with van der Waals surface area (Å²) in [7, 11) is 1.90. The van der Waals surface area contributed by atoms with Crippen molar-refractivity contribution in [2.75, 3.05) is 18.6 Å². The maximum absolute atomic E-state index is 13.2. The van der Waals surface area contributed by atoms with E-state index in [2.05, 4.69) is 15.5 Å². The number of rotatable bonds is 3. The molecule has 2 aromatic rings. The fourth-order valence-electron chi connectivity index (χ4n) is 2.22. The molecule has 2 unspecified atom stereocenters. The van der Waals surface area contributed by atoms with Crippen LogP contribution in [0.15, 0.2) is 22.7 Å². The van der Waals surface area contributed by atoms with Gasteiger partial charge in [-0.15, -0.1) is 0 Å². The standard InChI is InChI=1S/C13H13F2N3OS/c1-16-11-6-20-5-8(11)13-17-12(18-19-13)7-2-3-9(14)10(15)4-7/h2-4,8,11,16H,5-6H2,1H3. The fourth-order valence-corrected chi connectivity index (χ4v) is 3.64. The van der Waals surface area contributed by atoms with Crippen molar-refractivity contribution >= 4 is 11.8 Å². The molecule has 1 aliphatic rings. The molecule has 1 aliphatic heterocycles. The van der Waals surface area contributed by atoms with E-state index >= 15 is 0 Å². The van der Waals surface area contributed by atoms with Crippen LogP contribution in [-0.4, -0.2) is 34.7 Å². The number of hydrogen-bond donors (Lipinski definition) is 1. The number of aromatic nitrogens is 2. The van der Waals surface area contributed by atoms with Crippen LogP contribution in [0.4, 0.5) is 8.78 Å². The molecule has 1 saturated heterocycles. The van der Waals surface area contributed by atoms with Gasteiger partial charge in [-0.25, -0.2) is 8.78 Å². The molecule has 0 spiro atoms. The average molecular weight is 297 g/mol. The third-order valence-corrected chi connectivity index (χ3v) is 4.58. The van der Waals surface area contributed by atoms with Gasteiger partial charge in [0.1, 0.15) is 0 Å². The van der Waals surface area contributed by atoms with Crippen molar-refractivity contribution in [1.29, 1.82) is 0 Å². The number of benzene rings is 1. The summed E-state index contributed by atoms with van der Waals surface area (Å²) >= 11 is 1.82. The summed E-state index contributed by atoms with van der Waals surface area (Å²) in [5, 5.41) is 7.08. The summed E-state index contributed by atoms with van der Waals surface area (Å²) in [4.78, 5) is 4.31. The van der Waals surface area contributed by atoms with E-state index in [1.807, 2.05) is 18.8 Å². The monoisotopic (exact) mass is 297 g/mol. The highest BCUT2D eigenvalue weighted by Gasteiger charge is 2.32. The van der Waals surface area contributed by atoms with Gasteiger partial charge in [0, 0.05) is 23.1 Å². The van der Waals surface area contributed by atoms with Gasteiger partial charge in [-0.3, -0.25) is 0 Å². The first-order valence-corrected chi connectivity index (χ1v) is 7.38. The second kappa shape index (κ2) is 5.49. The van der Waals surface area contributed by atoms with Crippen molar-refractivity contribution in [1.82, 2.24) is 15.5 Å². The van der Waals surface area contributed by atoms with Gasteiger partial charge in [0.2, 0.25) is 11.7 Å². The van der Waals surface area contributed by atoms with Crippen LogP contribution in [-0.2, 0) is 0 Å². The van der Waals surface area contributed by atoms with Crippen LogP contribution in [0.25, 0.3) is 11.4 Å². The zero-order chi connectivity index (χ0) is 14.1. The van der Waals surface area contributed by atoms with Gasteiger partial charge in [-0.2, -0.15) is 16.7 Å². The van der Waals surface area contributed by atoms with Gasteiger partial charge in [0.15, 0.2) is 11.6 Å². The van der Waals surface area contributed by atoms with Gasteiger partial charge in [-0.1, -0.05) is 5.16 Å². The Labute approximate surface area is 118 Å². The molecule has 7 heteroatoms. The number of likely N-dealkylation sites (N-methyl/N-ethyl adjacent to an activating group) is 1. The molecule has 2 atom stereocenters. The predicted octanol–water partition coefficient (Wildman–Crippen LogP) is 2.43. The summed E-state index contributed by atoms with van der Waals surface area (Å²) in [6, 6.07) is 3.86. The van der Waals surface area contributed by atoms with E-state index in [1.54, 1.807) is 0 Å². The highest BCUT2D eigenvalue weighted by molar-refractivity contribution is 7.99. The van der Waals surface area contributed by atoms with Crippen LogP contribution in [0.1, 0.15) is 11.8 Å². The van der Waals surface area contributed by atoms with E-state index in [9.17, 15) is 8.78 Å². The molecule has 0 aliphatic carbocycles. The van der Waals surface area contributed by atoms with Crippen LogP contribution >= 0.6 is 11.8 Å². The second-order valence-corrected chi connectivity index (χ2v) is 5.70. The van der Waals surface area contributed by atoms with Gasteiger partial charge < -0.3 is 9.84 Å². The molecule has 1 aromatic carbocycles. The van der Waals surface area contributed by atoms with E-state index in [4.69, 9.17) is 4.52 Å². The number of nitrogens with zero attached hydrogens (tertiary/aromatic N) is 2. The van der Waals surface area contributed by atoms with Crippen LogP contribution in [0.5, 0.6) is 0 Å². The Morgan fingerprint density at radius 3 is 2.90 bits per heavy atom. The van der Waals surface area contributed by atoms with Gasteiger partial charge >= 0.3 is 0 Å². The molecule has 106 valence electrons. The molecule has 0 bridgehead atoms. The maximum atomic E-state index is 13.2. The summed E-state index contributed by atoms with van der Waals surface area (Å²) < 4.78 is 31.4. The minimum atomic E-state index is -0.918. The molecule has 1 N–H and O–H groups in total. The summed E-state index contributed by atoms with van der Waals surface area (Å²) in [5.41, 5.74) is 0.408. The fraction of sp³-hybridized carbons (Fsp3) is 0.385. The zero-order valence-corrected chi connectivity index (χ0v) is 11.6. The molecule has 4 nitrogen and oxygen atoms in total. The Morgan fingerprint density at radius 2 is 2.15 bits per heavy atom. The first kappa shape index (κ1) is 13.5. The van der Waals surface area contributed by atoms with Crippen LogP contribution < -0.4 is 5.32 Å². The highest BCUT2D eigenvalue weighted by atomic mass is 32.2. The highest BCUT2D eigenvalue weighted by Crippen LogP contribution is 2.32. The number of nitrogens with one attached hydrogen (secondary N) is 1. The number of thioether (sulfide) groups is 1. The Balaban J connectivity index is 1.88. The first-order chi connectivity index (χ1) is 9.69. The average Bonchev–Trinajstić information content (AvgIpc) is 3.09. The largest absolute Gasteiger partial charge is 0.339 e. The molecule has 1 aromatic heterocycles. The molecule has 0 amide bonds. The SMILES string of the molecule is CNC1CSCC1c1nc(-c2ccc(F)c(F)c2)no1. The first-order valence-electron chi connectivity index (χ1n) is 6.23. The van der Waals surface area contributed by atoms with Gasteiger partial charge in [0.05, 0.1) is 5.92 Å². The summed E-state index contributed by atoms with van der Waals surface area (Å²) in [6.45, 7) is 0. The predicted molar refractivity (Wildman–Crippen MR) is 72.6 cm³/mol. The number of halogens is 2. The Hall–Kier alpha value is -1.47. The lowest BCUT2D eigenvalue weighted by Crippen LogP contribution is -2.31. The molecule has 3 rings (SSSR count). The van der Waals surface area contributed by atoms with Crippen LogP contribution in [0, 0.1) is 11.6 Å². The van der Waals surface area contributed by atoms with Crippen molar-refractivity contribution < 1.29 is 13.3 Å². The van der Waals surface area contributed by atoms with E-state index in [0.717, 1.165) is 23.6 Å². The normalized spacial score (nSPS) is 22.4. The Morgan fingerprint density at radius 1 is 1.30 bits per heavy atom. The zero-order valence-electron chi connectivity index (χ0n) is 10.8. The van der Waals surface area contributed by atoms with Crippen molar-refractivity contribution in [2.45, 2.75) is 12.0 Å². The molecule has 1 fully saturated rings. The Kier molecular flexibility index (Phi) is 3.71.